The second-order valence-electron chi connectivity index (χ2n) is 5.79. The average molecular weight is 270 g/mol. The molecular weight excluding hydrogens is 248 g/mol. The predicted octanol–water partition coefficient (Wildman–Crippen LogP) is 2.65. The minimum absolute atomic E-state index is 0.251. The van der Waals surface area contributed by atoms with E-state index in [2.05, 4.69) is 0 Å². The molecule has 0 aromatic heterocycles. The molecular formula is C14H22O3S. The zero-order chi connectivity index (χ0) is 14.0. The molecule has 1 aromatic rings. The lowest BCUT2D eigenvalue weighted by Gasteiger charge is -2.28. The molecule has 0 amide bonds. The van der Waals surface area contributed by atoms with Crippen LogP contribution in [0.3, 0.4) is 0 Å². The number of aliphatic hydroxyl groups is 1. The van der Waals surface area contributed by atoms with Gasteiger partial charge in [-0.3, -0.25) is 0 Å². The summed E-state index contributed by atoms with van der Waals surface area (Å²) in [4.78, 5) is 0.318. The highest BCUT2D eigenvalue weighted by atomic mass is 32.2. The Morgan fingerprint density at radius 1 is 1.17 bits per heavy atom. The molecule has 0 fully saturated rings. The van der Waals surface area contributed by atoms with Crippen molar-refractivity contribution in [1.82, 2.24) is 0 Å². The topological polar surface area (TPSA) is 54.4 Å². The van der Waals surface area contributed by atoms with Gasteiger partial charge in [-0.15, -0.1) is 0 Å². The van der Waals surface area contributed by atoms with Crippen LogP contribution in [-0.4, -0.2) is 24.9 Å². The van der Waals surface area contributed by atoms with Crippen molar-refractivity contribution >= 4 is 9.84 Å². The molecule has 0 bridgehead atoms. The Balaban J connectivity index is 2.88. The van der Waals surface area contributed by atoms with Gasteiger partial charge < -0.3 is 5.11 Å². The Bertz CT molecular complexity index is 472. The SMILES string of the molecule is CC(CC(O)C(C)(C)C)S(=O)(=O)c1ccccc1. The van der Waals surface area contributed by atoms with E-state index >= 15 is 0 Å². The van der Waals surface area contributed by atoms with Crippen LogP contribution in [-0.2, 0) is 9.84 Å². The molecule has 0 spiro atoms. The van der Waals surface area contributed by atoms with Gasteiger partial charge in [-0.1, -0.05) is 39.0 Å². The van der Waals surface area contributed by atoms with Crippen LogP contribution in [0.1, 0.15) is 34.1 Å². The number of hydrogen-bond donors (Lipinski definition) is 1. The molecule has 3 nitrogen and oxygen atoms in total. The maximum Gasteiger partial charge on any atom is 0.181 e. The summed E-state index contributed by atoms with van der Waals surface area (Å²) in [5, 5.41) is 9.41. The van der Waals surface area contributed by atoms with Gasteiger partial charge >= 0.3 is 0 Å². The summed E-state index contributed by atoms with van der Waals surface area (Å²) in [6.45, 7) is 7.36. The fraction of sp³-hybridized carbons (Fsp3) is 0.571. The van der Waals surface area contributed by atoms with Gasteiger partial charge in [-0.25, -0.2) is 8.42 Å². The van der Waals surface area contributed by atoms with Gasteiger partial charge in [0, 0.05) is 0 Å². The van der Waals surface area contributed by atoms with Gasteiger partial charge in [0.2, 0.25) is 0 Å². The highest BCUT2D eigenvalue weighted by Crippen LogP contribution is 2.26. The van der Waals surface area contributed by atoms with Crippen molar-refractivity contribution in [2.45, 2.75) is 50.4 Å². The molecule has 0 aliphatic rings. The molecule has 0 aliphatic heterocycles. The molecule has 2 atom stereocenters. The second kappa shape index (κ2) is 5.41. The van der Waals surface area contributed by atoms with Crippen LogP contribution in [0.4, 0.5) is 0 Å². The van der Waals surface area contributed by atoms with Crippen molar-refractivity contribution in [3.8, 4) is 0 Å². The third kappa shape index (κ3) is 3.56. The summed E-state index contributed by atoms with van der Waals surface area (Å²) in [5.74, 6) is 0. The first-order valence-corrected chi connectivity index (χ1v) is 7.67. The summed E-state index contributed by atoms with van der Waals surface area (Å²) < 4.78 is 24.6. The average Bonchev–Trinajstić information content (AvgIpc) is 2.28. The quantitative estimate of drug-likeness (QED) is 0.915. The third-order valence-corrected chi connectivity index (χ3v) is 5.34. The number of rotatable bonds is 4. The van der Waals surface area contributed by atoms with Crippen molar-refractivity contribution < 1.29 is 13.5 Å². The van der Waals surface area contributed by atoms with Gasteiger partial charge in [-0.2, -0.15) is 0 Å². The van der Waals surface area contributed by atoms with E-state index in [0.29, 0.717) is 4.90 Å². The lowest BCUT2D eigenvalue weighted by molar-refractivity contribution is 0.0557. The molecule has 1 N–H and O–H groups in total. The fourth-order valence-corrected chi connectivity index (χ4v) is 3.07. The predicted molar refractivity (Wildman–Crippen MR) is 73.2 cm³/mol. The molecule has 1 rings (SSSR count). The number of sulfone groups is 1. The third-order valence-electron chi connectivity index (χ3n) is 3.16. The maximum atomic E-state index is 12.3. The molecule has 18 heavy (non-hydrogen) atoms. The van der Waals surface area contributed by atoms with Gasteiger partial charge in [-0.05, 0) is 30.9 Å². The molecule has 0 saturated heterocycles. The van der Waals surface area contributed by atoms with Crippen molar-refractivity contribution in [2.75, 3.05) is 0 Å². The van der Waals surface area contributed by atoms with Gasteiger partial charge in [0.05, 0.1) is 16.2 Å². The van der Waals surface area contributed by atoms with E-state index in [1.54, 1.807) is 37.3 Å². The Labute approximate surface area is 110 Å². The Kier molecular flexibility index (Phi) is 4.56. The first-order valence-electron chi connectivity index (χ1n) is 6.12. The van der Waals surface area contributed by atoms with E-state index in [1.165, 1.54) is 0 Å². The summed E-state index contributed by atoms with van der Waals surface area (Å²) in [5.41, 5.74) is -0.305. The molecule has 0 aliphatic carbocycles. The van der Waals surface area contributed by atoms with E-state index in [1.807, 2.05) is 20.8 Å². The fourth-order valence-electron chi connectivity index (χ4n) is 1.64. The van der Waals surface area contributed by atoms with Crippen molar-refractivity contribution in [3.05, 3.63) is 30.3 Å². The molecule has 2 unspecified atom stereocenters. The molecule has 4 heteroatoms. The normalized spacial score (nSPS) is 16.3. The van der Waals surface area contributed by atoms with E-state index in [0.717, 1.165) is 0 Å². The van der Waals surface area contributed by atoms with Crippen LogP contribution in [0.25, 0.3) is 0 Å². The van der Waals surface area contributed by atoms with Gasteiger partial charge in [0.25, 0.3) is 0 Å². The van der Waals surface area contributed by atoms with Crippen LogP contribution in [0, 0.1) is 5.41 Å². The number of hydrogen-bond acceptors (Lipinski definition) is 3. The van der Waals surface area contributed by atoms with Crippen LogP contribution in [0.5, 0.6) is 0 Å². The van der Waals surface area contributed by atoms with Gasteiger partial charge in [0.1, 0.15) is 0 Å². The van der Waals surface area contributed by atoms with E-state index < -0.39 is 21.2 Å². The van der Waals surface area contributed by atoms with Crippen molar-refractivity contribution in [1.29, 1.82) is 0 Å². The van der Waals surface area contributed by atoms with Crippen LogP contribution in [0.15, 0.2) is 35.2 Å². The highest BCUT2D eigenvalue weighted by molar-refractivity contribution is 7.92. The van der Waals surface area contributed by atoms with E-state index in [9.17, 15) is 13.5 Å². The first kappa shape index (κ1) is 15.2. The molecule has 1 aromatic carbocycles. The second-order valence-corrected chi connectivity index (χ2v) is 8.15. The zero-order valence-corrected chi connectivity index (χ0v) is 12.2. The minimum Gasteiger partial charge on any atom is -0.393 e. The first-order chi connectivity index (χ1) is 8.15. The highest BCUT2D eigenvalue weighted by Gasteiger charge is 2.30. The number of benzene rings is 1. The van der Waals surface area contributed by atoms with Crippen LogP contribution < -0.4 is 0 Å². The largest absolute Gasteiger partial charge is 0.393 e. The zero-order valence-electron chi connectivity index (χ0n) is 11.4. The smallest absolute Gasteiger partial charge is 0.181 e. The maximum absolute atomic E-state index is 12.3. The van der Waals surface area contributed by atoms with Crippen molar-refractivity contribution in [3.63, 3.8) is 0 Å². The van der Waals surface area contributed by atoms with Gasteiger partial charge in [0.15, 0.2) is 9.84 Å². The molecule has 0 heterocycles. The molecule has 0 saturated carbocycles. The standard InChI is InChI=1S/C14H22O3S/c1-11(10-13(15)14(2,3)4)18(16,17)12-8-6-5-7-9-12/h5-9,11,13,15H,10H2,1-4H3. The Morgan fingerprint density at radius 3 is 2.11 bits per heavy atom. The van der Waals surface area contributed by atoms with Crippen LogP contribution in [0.2, 0.25) is 0 Å². The van der Waals surface area contributed by atoms with E-state index in [4.69, 9.17) is 0 Å². The Hall–Kier alpha value is -0.870. The Morgan fingerprint density at radius 2 is 1.67 bits per heavy atom. The lowest BCUT2D eigenvalue weighted by Crippen LogP contribution is -2.32. The summed E-state index contributed by atoms with van der Waals surface area (Å²) in [6, 6.07) is 8.39. The van der Waals surface area contributed by atoms with Crippen LogP contribution >= 0.6 is 0 Å². The summed E-state index contributed by atoms with van der Waals surface area (Å²) in [7, 11) is -3.35. The summed E-state index contributed by atoms with van der Waals surface area (Å²) in [6.07, 6.45) is -0.383. The number of aliphatic hydroxyl groups excluding tert-OH is 1. The van der Waals surface area contributed by atoms with Crippen molar-refractivity contribution in [2.24, 2.45) is 5.41 Å². The lowest BCUT2D eigenvalue weighted by atomic mass is 9.87. The minimum atomic E-state index is -3.35. The van der Waals surface area contributed by atoms with E-state index in [-0.39, 0.29) is 11.8 Å². The summed E-state index contributed by atoms with van der Waals surface area (Å²) >= 11 is 0. The molecule has 0 radical (unpaired) electrons. The molecule has 102 valence electrons. The monoisotopic (exact) mass is 270 g/mol.